The van der Waals surface area contributed by atoms with Crippen LogP contribution in [0, 0.1) is 0 Å². The molecule has 2 heteroatoms. The van der Waals surface area contributed by atoms with Gasteiger partial charge in [-0.15, -0.1) is 0 Å². The molecule has 0 rings (SSSR count). The minimum absolute atomic E-state index is 0. The van der Waals surface area contributed by atoms with Crippen molar-refractivity contribution in [3.05, 3.63) is 0 Å². The predicted molar refractivity (Wildman–Crippen MR) is 188 cm³/mol. The Labute approximate surface area is 263 Å². The molecule has 0 bridgehead atoms. The van der Waals surface area contributed by atoms with E-state index in [2.05, 4.69) is 27.2 Å². The lowest BCUT2D eigenvalue weighted by Crippen LogP contribution is -3.00. The summed E-state index contributed by atoms with van der Waals surface area (Å²) in [6, 6.07) is 0. The van der Waals surface area contributed by atoms with E-state index in [1.54, 1.807) is 12.3 Å². The van der Waals surface area contributed by atoms with E-state index in [1.807, 2.05) is 0 Å². The van der Waals surface area contributed by atoms with Crippen LogP contribution in [0.25, 0.3) is 0 Å². The second kappa shape index (κ2) is 35.9. The third-order valence-electron chi connectivity index (χ3n) is 9.23. The Morgan fingerprint density at radius 3 is 0.575 bits per heavy atom. The monoisotopic (exact) mass is 603 g/mol. The molecule has 0 N–H and O–H groups in total. The summed E-state index contributed by atoms with van der Waals surface area (Å²) in [4.78, 5) is 0. The van der Waals surface area contributed by atoms with Crippen molar-refractivity contribution in [3.63, 3.8) is 0 Å². The van der Waals surface area contributed by atoms with Gasteiger partial charge in [-0.3, -0.25) is 0 Å². The zero-order chi connectivity index (χ0) is 28.5. The van der Waals surface area contributed by atoms with E-state index in [4.69, 9.17) is 0 Å². The molecule has 0 saturated carbocycles. The fourth-order valence-electron chi connectivity index (χ4n) is 6.29. The zero-order valence-corrected chi connectivity index (χ0v) is 30.5. The van der Waals surface area contributed by atoms with Crippen molar-refractivity contribution in [2.75, 3.05) is 25.7 Å². The number of hydrogen-bond donors (Lipinski definition) is 0. The molecule has 40 heavy (non-hydrogen) atoms. The highest BCUT2D eigenvalue weighted by atomic mass is 35.5. The molecule has 0 radical (unpaired) electrons. The Bertz CT molecular complexity index is 397. The molecule has 0 aromatic heterocycles. The van der Waals surface area contributed by atoms with E-state index in [-0.39, 0.29) is 12.4 Å². The van der Waals surface area contributed by atoms with Crippen molar-refractivity contribution in [3.8, 4) is 0 Å². The largest absolute Gasteiger partial charge is 1.00 e. The first kappa shape index (κ1) is 42.9. The van der Waals surface area contributed by atoms with Crippen molar-refractivity contribution in [2.24, 2.45) is 0 Å². The van der Waals surface area contributed by atoms with Crippen LogP contribution in [0.2, 0.25) is 0 Å². The predicted octanol–water partition coefficient (Wildman–Crippen LogP) is 11.8. The molecule has 0 aliphatic carbocycles. The van der Waals surface area contributed by atoms with Crippen LogP contribution < -0.4 is 12.4 Å². The Morgan fingerprint density at radius 1 is 0.250 bits per heavy atom. The molecular formula is C38H80ClP. The molecule has 0 amide bonds. The summed E-state index contributed by atoms with van der Waals surface area (Å²) in [5, 5.41) is 0. The van der Waals surface area contributed by atoms with E-state index < -0.39 is 7.26 Å². The Morgan fingerprint density at radius 2 is 0.400 bits per heavy atom. The summed E-state index contributed by atoms with van der Waals surface area (Å²) in [7, 11) is -0.619. The van der Waals surface area contributed by atoms with E-state index in [9.17, 15) is 0 Å². The van der Waals surface area contributed by atoms with E-state index in [0.29, 0.717) is 0 Å². The number of halogens is 1. The van der Waals surface area contributed by atoms with E-state index in [1.165, 1.54) is 205 Å². The molecule has 0 spiro atoms. The highest BCUT2D eigenvalue weighted by Crippen LogP contribution is 2.52. The SMILES string of the molecule is CCCCCCCCCCCCCCCCCC[P+](C)(C)CCCCCCCCCCCCCCCCCC.[Cl-]. The van der Waals surface area contributed by atoms with Crippen molar-refractivity contribution in [1.29, 1.82) is 0 Å². The molecule has 0 aromatic rings. The molecular weight excluding hydrogens is 523 g/mol. The number of unbranched alkanes of at least 4 members (excludes halogenated alkanes) is 30. The molecule has 0 nitrogen and oxygen atoms in total. The van der Waals surface area contributed by atoms with Crippen LogP contribution in [0.5, 0.6) is 0 Å². The van der Waals surface area contributed by atoms with Gasteiger partial charge in [0.25, 0.3) is 0 Å². The van der Waals surface area contributed by atoms with Gasteiger partial charge in [-0.25, -0.2) is 0 Å². The van der Waals surface area contributed by atoms with Crippen LogP contribution in [0.1, 0.15) is 219 Å². The van der Waals surface area contributed by atoms with Crippen molar-refractivity contribution in [2.45, 2.75) is 219 Å². The van der Waals surface area contributed by atoms with Gasteiger partial charge in [-0.2, -0.15) is 0 Å². The van der Waals surface area contributed by atoms with Crippen LogP contribution in [-0.2, 0) is 0 Å². The van der Waals surface area contributed by atoms with Gasteiger partial charge in [0.2, 0.25) is 0 Å². The standard InChI is InChI=1S/C38H80P.ClH/c1-5-7-9-11-13-15-17-19-21-23-25-27-29-31-33-35-37-39(3,4)38-36-34-32-30-28-26-24-22-20-18-16-14-12-10-8-6-2;/h5-38H2,1-4H3;1H/q+1;/p-1. The lowest BCUT2D eigenvalue weighted by Gasteiger charge is -2.18. The van der Waals surface area contributed by atoms with Crippen molar-refractivity contribution >= 4 is 7.26 Å². The summed E-state index contributed by atoms with van der Waals surface area (Å²) >= 11 is 0. The minimum atomic E-state index is -0.619. The third-order valence-corrected chi connectivity index (χ3v) is 12.3. The molecule has 0 fully saturated rings. The van der Waals surface area contributed by atoms with Gasteiger partial charge >= 0.3 is 0 Å². The van der Waals surface area contributed by atoms with Gasteiger partial charge in [-0.05, 0) is 25.7 Å². The van der Waals surface area contributed by atoms with Crippen LogP contribution in [0.3, 0.4) is 0 Å². The van der Waals surface area contributed by atoms with Gasteiger partial charge in [0.05, 0.1) is 12.3 Å². The molecule has 0 atom stereocenters. The highest BCUT2D eigenvalue weighted by Gasteiger charge is 2.23. The maximum atomic E-state index is 2.64. The second-order valence-corrected chi connectivity index (χ2v) is 18.8. The van der Waals surface area contributed by atoms with Gasteiger partial charge in [0, 0.05) is 20.6 Å². The Hall–Kier alpha value is 0.720. The first-order valence-corrected chi connectivity index (χ1v) is 22.0. The van der Waals surface area contributed by atoms with Gasteiger partial charge in [0.1, 0.15) is 0 Å². The fraction of sp³-hybridized carbons (Fsp3) is 1.00. The zero-order valence-electron chi connectivity index (χ0n) is 28.9. The summed E-state index contributed by atoms with van der Waals surface area (Å²) < 4.78 is 0. The molecule has 0 aromatic carbocycles. The molecule has 0 saturated heterocycles. The second-order valence-electron chi connectivity index (χ2n) is 14.0. The quantitative estimate of drug-likeness (QED) is 0.0507. The third kappa shape index (κ3) is 36.7. The lowest BCUT2D eigenvalue weighted by atomic mass is 10.0. The topological polar surface area (TPSA) is 0 Å². The first-order valence-electron chi connectivity index (χ1n) is 18.9. The van der Waals surface area contributed by atoms with Crippen LogP contribution in [0.15, 0.2) is 0 Å². The summed E-state index contributed by atoms with van der Waals surface area (Å²) in [6.07, 6.45) is 50.5. The lowest BCUT2D eigenvalue weighted by molar-refractivity contribution is -0.00000891. The smallest absolute Gasteiger partial charge is 0.0589 e. The average Bonchev–Trinajstić information content (AvgIpc) is 2.92. The van der Waals surface area contributed by atoms with Gasteiger partial charge in [-0.1, -0.05) is 194 Å². The van der Waals surface area contributed by atoms with Crippen LogP contribution in [-0.4, -0.2) is 25.7 Å². The maximum absolute atomic E-state index is 2.64. The fourth-order valence-corrected chi connectivity index (χ4v) is 8.67. The van der Waals surface area contributed by atoms with Crippen molar-refractivity contribution < 1.29 is 12.4 Å². The number of rotatable bonds is 34. The first-order chi connectivity index (χ1) is 19.1. The van der Waals surface area contributed by atoms with Gasteiger partial charge < -0.3 is 12.4 Å². The Kier molecular flexibility index (Phi) is 38.5. The van der Waals surface area contributed by atoms with Crippen LogP contribution in [0.4, 0.5) is 0 Å². The minimum Gasteiger partial charge on any atom is -1.00 e. The molecule has 0 heterocycles. The summed E-state index contributed by atoms with van der Waals surface area (Å²) in [5.41, 5.74) is 0. The molecule has 0 aliphatic heterocycles. The van der Waals surface area contributed by atoms with E-state index in [0.717, 1.165) is 0 Å². The highest BCUT2D eigenvalue weighted by molar-refractivity contribution is 7.74. The Balaban J connectivity index is 0. The van der Waals surface area contributed by atoms with E-state index >= 15 is 0 Å². The summed E-state index contributed by atoms with van der Waals surface area (Å²) in [5.74, 6) is 0. The van der Waals surface area contributed by atoms with Gasteiger partial charge in [0.15, 0.2) is 0 Å². The van der Waals surface area contributed by atoms with Crippen LogP contribution >= 0.6 is 7.26 Å². The molecule has 0 unspecified atom stereocenters. The summed E-state index contributed by atoms with van der Waals surface area (Å²) in [6.45, 7) is 9.91. The van der Waals surface area contributed by atoms with Crippen molar-refractivity contribution in [1.82, 2.24) is 0 Å². The normalized spacial score (nSPS) is 11.7. The number of hydrogen-bond acceptors (Lipinski definition) is 0. The average molecular weight is 603 g/mol. The maximum Gasteiger partial charge on any atom is 0.0589 e. The molecule has 0 aliphatic rings. The molecule has 244 valence electrons.